The lowest BCUT2D eigenvalue weighted by Crippen LogP contribution is -2.50. The van der Waals surface area contributed by atoms with E-state index in [0.717, 1.165) is 0 Å². The molecule has 1 fully saturated rings. The highest BCUT2D eigenvalue weighted by Crippen LogP contribution is 2.30. The van der Waals surface area contributed by atoms with Crippen LogP contribution >= 0.6 is 11.6 Å². The fourth-order valence-electron chi connectivity index (χ4n) is 2.72. The van der Waals surface area contributed by atoms with Gasteiger partial charge in [0.25, 0.3) is 0 Å². The SMILES string of the molecule is Cc1c(CC(=O)N2CCNC(=O)C2)c(=O)oc2cc(O)c(Cl)cc12. The number of hydrogen-bond acceptors (Lipinski definition) is 5. The molecule has 0 radical (unpaired) electrons. The number of aryl methyl sites for hydroxylation is 1. The van der Waals surface area contributed by atoms with Crippen molar-refractivity contribution in [3.05, 3.63) is 38.7 Å². The third-order valence-electron chi connectivity index (χ3n) is 4.07. The van der Waals surface area contributed by atoms with Crippen molar-refractivity contribution in [2.45, 2.75) is 13.3 Å². The molecule has 1 aliphatic heterocycles. The van der Waals surface area contributed by atoms with Crippen molar-refractivity contribution in [1.82, 2.24) is 10.2 Å². The van der Waals surface area contributed by atoms with E-state index in [1.54, 1.807) is 6.92 Å². The summed E-state index contributed by atoms with van der Waals surface area (Å²) in [6.07, 6.45) is -0.157. The lowest BCUT2D eigenvalue weighted by Gasteiger charge is -2.26. The Morgan fingerprint density at radius 1 is 1.42 bits per heavy atom. The van der Waals surface area contributed by atoms with Crippen molar-refractivity contribution in [2.75, 3.05) is 19.6 Å². The van der Waals surface area contributed by atoms with Gasteiger partial charge in [0.05, 0.1) is 23.6 Å². The van der Waals surface area contributed by atoms with Crippen LogP contribution in [0, 0.1) is 6.92 Å². The molecule has 0 spiro atoms. The van der Waals surface area contributed by atoms with Crippen molar-refractivity contribution in [2.24, 2.45) is 0 Å². The number of nitrogens with zero attached hydrogens (tertiary/aromatic N) is 1. The van der Waals surface area contributed by atoms with Crippen LogP contribution < -0.4 is 10.9 Å². The van der Waals surface area contributed by atoms with Gasteiger partial charge in [-0.3, -0.25) is 9.59 Å². The molecule has 0 saturated carbocycles. The second kappa shape index (κ2) is 6.16. The van der Waals surface area contributed by atoms with Gasteiger partial charge in [-0.15, -0.1) is 0 Å². The predicted molar refractivity (Wildman–Crippen MR) is 87.2 cm³/mol. The number of halogens is 1. The maximum atomic E-state index is 12.4. The molecule has 0 atom stereocenters. The number of carbonyl (C=O) groups excluding carboxylic acids is 2. The summed E-state index contributed by atoms with van der Waals surface area (Å²) in [5.41, 5.74) is 0.350. The van der Waals surface area contributed by atoms with Crippen LogP contribution in [0.4, 0.5) is 0 Å². The fourth-order valence-corrected chi connectivity index (χ4v) is 2.88. The van der Waals surface area contributed by atoms with Crippen molar-refractivity contribution >= 4 is 34.4 Å². The number of carbonyl (C=O) groups is 2. The Hall–Kier alpha value is -2.54. The van der Waals surface area contributed by atoms with E-state index in [2.05, 4.69) is 5.32 Å². The number of piperazine rings is 1. The van der Waals surface area contributed by atoms with Crippen LogP contribution in [0.15, 0.2) is 21.3 Å². The largest absolute Gasteiger partial charge is 0.506 e. The summed E-state index contributed by atoms with van der Waals surface area (Å²) in [5.74, 6) is -0.724. The van der Waals surface area contributed by atoms with Crippen LogP contribution in [0.5, 0.6) is 5.75 Å². The summed E-state index contributed by atoms with van der Waals surface area (Å²) in [6, 6.07) is 2.76. The number of fused-ring (bicyclic) bond motifs is 1. The number of benzene rings is 1. The van der Waals surface area contributed by atoms with Crippen molar-refractivity contribution < 1.29 is 19.1 Å². The molecule has 2 heterocycles. The Labute approximate surface area is 141 Å². The molecule has 0 aliphatic carbocycles. The Balaban J connectivity index is 1.97. The molecular formula is C16H15ClN2O5. The normalized spacial score (nSPS) is 14.8. The average molecular weight is 351 g/mol. The van der Waals surface area contributed by atoms with Crippen LogP contribution in [-0.4, -0.2) is 41.5 Å². The minimum atomic E-state index is -0.642. The summed E-state index contributed by atoms with van der Waals surface area (Å²) in [4.78, 5) is 37.4. The van der Waals surface area contributed by atoms with Crippen molar-refractivity contribution in [1.29, 1.82) is 0 Å². The zero-order valence-electron chi connectivity index (χ0n) is 12.9. The first-order chi connectivity index (χ1) is 11.4. The maximum Gasteiger partial charge on any atom is 0.340 e. The number of amides is 2. The van der Waals surface area contributed by atoms with Gasteiger partial charge in [0.15, 0.2) is 0 Å². The Morgan fingerprint density at radius 2 is 2.17 bits per heavy atom. The van der Waals surface area contributed by atoms with E-state index in [-0.39, 0.29) is 46.7 Å². The van der Waals surface area contributed by atoms with Crippen molar-refractivity contribution in [3.63, 3.8) is 0 Å². The van der Waals surface area contributed by atoms with Crippen LogP contribution in [-0.2, 0) is 16.0 Å². The highest BCUT2D eigenvalue weighted by molar-refractivity contribution is 6.32. The number of aromatic hydroxyl groups is 1. The van der Waals surface area contributed by atoms with E-state index >= 15 is 0 Å². The summed E-state index contributed by atoms with van der Waals surface area (Å²) in [5, 5.41) is 12.9. The molecule has 1 aliphatic rings. The number of phenolic OH excluding ortho intramolecular Hbond substituents is 1. The lowest BCUT2D eigenvalue weighted by molar-refractivity contribution is -0.137. The van der Waals surface area contributed by atoms with Crippen LogP contribution in [0.25, 0.3) is 11.0 Å². The van der Waals surface area contributed by atoms with E-state index in [4.69, 9.17) is 16.0 Å². The first kappa shape index (κ1) is 16.3. The third kappa shape index (κ3) is 2.94. The third-order valence-corrected chi connectivity index (χ3v) is 4.38. The maximum absolute atomic E-state index is 12.4. The monoisotopic (exact) mass is 350 g/mol. The first-order valence-corrected chi connectivity index (χ1v) is 7.74. The number of hydrogen-bond donors (Lipinski definition) is 2. The average Bonchev–Trinajstić information content (AvgIpc) is 2.53. The summed E-state index contributed by atoms with van der Waals surface area (Å²) >= 11 is 5.91. The quantitative estimate of drug-likeness (QED) is 0.786. The number of phenols is 1. The zero-order chi connectivity index (χ0) is 17.4. The highest BCUT2D eigenvalue weighted by atomic mass is 35.5. The van der Waals surface area contributed by atoms with E-state index < -0.39 is 5.63 Å². The van der Waals surface area contributed by atoms with Crippen molar-refractivity contribution in [3.8, 4) is 5.75 Å². The number of rotatable bonds is 2. The van der Waals surface area contributed by atoms with Gasteiger partial charge in [-0.2, -0.15) is 0 Å². The second-order valence-electron chi connectivity index (χ2n) is 5.63. The van der Waals surface area contributed by atoms with E-state index in [1.807, 2.05) is 0 Å². The molecule has 8 heteroatoms. The van der Waals surface area contributed by atoms with Gasteiger partial charge in [0.1, 0.15) is 11.3 Å². The summed E-state index contributed by atoms with van der Waals surface area (Å²) in [6.45, 7) is 2.47. The number of nitrogens with one attached hydrogen (secondary N) is 1. The molecule has 7 nitrogen and oxygen atoms in total. The van der Waals surface area contributed by atoms with Gasteiger partial charge in [-0.05, 0) is 18.6 Å². The molecule has 126 valence electrons. The predicted octanol–water partition coefficient (Wildman–Crippen LogP) is 0.961. The molecule has 2 amide bonds. The molecule has 2 aromatic rings. The molecule has 2 N–H and O–H groups in total. The van der Waals surface area contributed by atoms with Gasteiger partial charge in [0, 0.05) is 24.5 Å². The van der Waals surface area contributed by atoms with Gasteiger partial charge in [-0.25, -0.2) is 4.79 Å². The van der Waals surface area contributed by atoms with E-state index in [1.165, 1.54) is 17.0 Å². The molecule has 1 aromatic heterocycles. The van der Waals surface area contributed by atoms with Gasteiger partial charge in [0.2, 0.25) is 11.8 Å². The Kier molecular flexibility index (Phi) is 4.19. The lowest BCUT2D eigenvalue weighted by atomic mass is 10.0. The second-order valence-corrected chi connectivity index (χ2v) is 6.04. The van der Waals surface area contributed by atoms with Gasteiger partial charge in [-0.1, -0.05) is 11.6 Å². The topological polar surface area (TPSA) is 99.9 Å². The molecular weight excluding hydrogens is 336 g/mol. The first-order valence-electron chi connectivity index (χ1n) is 7.36. The molecule has 1 saturated heterocycles. The highest BCUT2D eigenvalue weighted by Gasteiger charge is 2.24. The molecule has 24 heavy (non-hydrogen) atoms. The van der Waals surface area contributed by atoms with E-state index in [0.29, 0.717) is 24.0 Å². The minimum absolute atomic E-state index is 0.0174. The van der Waals surface area contributed by atoms with Gasteiger partial charge >= 0.3 is 5.63 Å². The Bertz CT molecular complexity index is 905. The fraction of sp³-hybridized carbons (Fsp3) is 0.312. The van der Waals surface area contributed by atoms with Crippen LogP contribution in [0.1, 0.15) is 11.1 Å². The summed E-state index contributed by atoms with van der Waals surface area (Å²) in [7, 11) is 0. The molecule has 1 aromatic carbocycles. The van der Waals surface area contributed by atoms with Gasteiger partial charge < -0.3 is 19.7 Å². The summed E-state index contributed by atoms with van der Waals surface area (Å²) < 4.78 is 5.19. The van der Waals surface area contributed by atoms with E-state index in [9.17, 15) is 19.5 Å². The van der Waals surface area contributed by atoms with Crippen LogP contribution in [0.2, 0.25) is 5.02 Å². The Morgan fingerprint density at radius 3 is 2.88 bits per heavy atom. The zero-order valence-corrected chi connectivity index (χ0v) is 13.6. The smallest absolute Gasteiger partial charge is 0.340 e. The molecule has 0 bridgehead atoms. The van der Waals surface area contributed by atoms with Crippen LogP contribution in [0.3, 0.4) is 0 Å². The minimum Gasteiger partial charge on any atom is -0.506 e. The standard InChI is InChI=1S/C16H15ClN2O5/c1-8-9-4-11(17)12(20)6-13(9)24-16(23)10(8)5-15(22)19-3-2-18-14(21)7-19/h4,6,20H,2-3,5,7H2,1H3,(H,18,21). The molecule has 0 unspecified atom stereocenters. The molecule has 3 rings (SSSR count).